The van der Waals surface area contributed by atoms with Crippen molar-refractivity contribution in [1.29, 1.82) is 0 Å². The van der Waals surface area contributed by atoms with Crippen LogP contribution in [0, 0.1) is 0 Å². The fraction of sp³-hybridized carbons (Fsp3) is 0.346. The molecule has 1 amide bonds. The first-order chi connectivity index (χ1) is 16.0. The van der Waals surface area contributed by atoms with Crippen molar-refractivity contribution < 1.29 is 9.53 Å². The number of hydrogen-bond acceptors (Lipinski definition) is 5. The van der Waals surface area contributed by atoms with Crippen LogP contribution in [-0.4, -0.2) is 46.8 Å². The number of piperidine rings is 1. The zero-order valence-corrected chi connectivity index (χ0v) is 19.1. The molecule has 172 valence electrons. The van der Waals surface area contributed by atoms with Crippen LogP contribution in [-0.2, 0) is 11.3 Å². The standard InChI is InChI=1S/C26H30N4O3/c1-19(30-25(31)13-12-24(28-30)21-8-10-23(33-2)11-9-21)26(32)27-22-14-16-29(17-15-22)18-20-6-4-3-5-7-20/h3-13,19,22H,14-18H2,1-2H3,(H,27,32). The monoisotopic (exact) mass is 446 g/mol. The summed E-state index contributed by atoms with van der Waals surface area (Å²) in [5.41, 5.74) is 2.48. The molecular weight excluding hydrogens is 416 g/mol. The van der Waals surface area contributed by atoms with Gasteiger partial charge in [-0.15, -0.1) is 0 Å². The number of ether oxygens (including phenoxy) is 1. The molecule has 33 heavy (non-hydrogen) atoms. The fourth-order valence-corrected chi connectivity index (χ4v) is 4.13. The molecular formula is C26H30N4O3. The number of rotatable bonds is 7. The first-order valence-corrected chi connectivity index (χ1v) is 11.3. The van der Waals surface area contributed by atoms with E-state index in [-0.39, 0.29) is 17.5 Å². The second-order valence-corrected chi connectivity index (χ2v) is 8.45. The smallest absolute Gasteiger partial charge is 0.267 e. The number of benzene rings is 2. The summed E-state index contributed by atoms with van der Waals surface area (Å²) in [5.74, 6) is 0.563. The number of aromatic nitrogens is 2. The third-order valence-electron chi connectivity index (χ3n) is 6.14. The Hall–Kier alpha value is -3.45. The minimum Gasteiger partial charge on any atom is -0.497 e. The number of nitrogens with one attached hydrogen (secondary N) is 1. The van der Waals surface area contributed by atoms with Crippen LogP contribution in [0.3, 0.4) is 0 Å². The van der Waals surface area contributed by atoms with Gasteiger partial charge in [-0.3, -0.25) is 14.5 Å². The van der Waals surface area contributed by atoms with Gasteiger partial charge >= 0.3 is 0 Å². The zero-order valence-electron chi connectivity index (χ0n) is 19.1. The van der Waals surface area contributed by atoms with Gasteiger partial charge in [0.2, 0.25) is 5.91 Å². The van der Waals surface area contributed by atoms with Crippen molar-refractivity contribution in [2.24, 2.45) is 0 Å². The van der Waals surface area contributed by atoms with E-state index in [1.165, 1.54) is 16.3 Å². The van der Waals surface area contributed by atoms with Crippen LogP contribution < -0.4 is 15.6 Å². The summed E-state index contributed by atoms with van der Waals surface area (Å²) in [7, 11) is 1.61. The molecule has 0 aliphatic carbocycles. The largest absolute Gasteiger partial charge is 0.497 e. The highest BCUT2D eigenvalue weighted by Gasteiger charge is 2.24. The van der Waals surface area contributed by atoms with E-state index in [2.05, 4.69) is 39.6 Å². The van der Waals surface area contributed by atoms with Crippen molar-refractivity contribution in [3.05, 3.63) is 82.6 Å². The highest BCUT2D eigenvalue weighted by Crippen LogP contribution is 2.20. The van der Waals surface area contributed by atoms with Gasteiger partial charge in [0, 0.05) is 37.3 Å². The summed E-state index contributed by atoms with van der Waals surface area (Å²) in [6.45, 7) is 4.50. The highest BCUT2D eigenvalue weighted by molar-refractivity contribution is 5.80. The average molecular weight is 447 g/mol. The molecule has 0 saturated carbocycles. The number of amides is 1. The van der Waals surface area contributed by atoms with Crippen LogP contribution in [0.2, 0.25) is 0 Å². The van der Waals surface area contributed by atoms with Gasteiger partial charge in [-0.05, 0) is 55.7 Å². The molecule has 2 heterocycles. The number of methoxy groups -OCH3 is 1. The van der Waals surface area contributed by atoms with Crippen molar-refractivity contribution in [2.45, 2.75) is 38.4 Å². The van der Waals surface area contributed by atoms with Gasteiger partial charge in [0.25, 0.3) is 5.56 Å². The average Bonchev–Trinajstić information content (AvgIpc) is 2.86. The van der Waals surface area contributed by atoms with Crippen molar-refractivity contribution in [3.8, 4) is 17.0 Å². The lowest BCUT2D eigenvalue weighted by atomic mass is 10.0. The van der Waals surface area contributed by atoms with Crippen LogP contribution in [0.4, 0.5) is 0 Å². The Morgan fingerprint density at radius 3 is 2.42 bits per heavy atom. The van der Waals surface area contributed by atoms with Crippen molar-refractivity contribution >= 4 is 5.91 Å². The van der Waals surface area contributed by atoms with Gasteiger partial charge in [0.1, 0.15) is 11.8 Å². The summed E-state index contributed by atoms with van der Waals surface area (Å²) in [4.78, 5) is 27.8. The Labute approximate surface area is 194 Å². The molecule has 1 atom stereocenters. The molecule has 1 aliphatic heterocycles. The van der Waals surface area contributed by atoms with Crippen molar-refractivity contribution in [3.63, 3.8) is 0 Å². The molecule has 0 spiro atoms. The lowest BCUT2D eigenvalue weighted by Crippen LogP contribution is -2.47. The molecule has 2 aromatic carbocycles. The first-order valence-electron chi connectivity index (χ1n) is 11.3. The second-order valence-electron chi connectivity index (χ2n) is 8.45. The number of carbonyl (C=O) groups is 1. The van der Waals surface area contributed by atoms with Crippen molar-refractivity contribution in [2.75, 3.05) is 20.2 Å². The Morgan fingerprint density at radius 1 is 1.06 bits per heavy atom. The Bertz CT molecular complexity index is 1120. The summed E-state index contributed by atoms with van der Waals surface area (Å²) >= 11 is 0. The van der Waals surface area contributed by atoms with E-state index >= 15 is 0 Å². The summed E-state index contributed by atoms with van der Waals surface area (Å²) < 4.78 is 6.46. The van der Waals surface area contributed by atoms with Crippen LogP contribution in [0.25, 0.3) is 11.3 Å². The highest BCUT2D eigenvalue weighted by atomic mass is 16.5. The molecule has 1 aromatic heterocycles. The molecule has 1 unspecified atom stereocenters. The molecule has 3 aromatic rings. The van der Waals surface area contributed by atoms with Gasteiger partial charge in [-0.2, -0.15) is 5.10 Å². The minimum atomic E-state index is -0.696. The Morgan fingerprint density at radius 2 is 1.76 bits per heavy atom. The van der Waals surface area contributed by atoms with E-state index in [4.69, 9.17) is 4.74 Å². The van der Waals surface area contributed by atoms with E-state index in [1.807, 2.05) is 30.3 Å². The lowest BCUT2D eigenvalue weighted by Gasteiger charge is -2.33. The Kier molecular flexibility index (Phi) is 7.19. The van der Waals surface area contributed by atoms with Crippen molar-refractivity contribution in [1.82, 2.24) is 20.0 Å². The minimum absolute atomic E-state index is 0.104. The maximum atomic E-state index is 12.9. The topological polar surface area (TPSA) is 76.5 Å². The van der Waals surface area contributed by atoms with Crippen LogP contribution >= 0.6 is 0 Å². The van der Waals surface area contributed by atoms with Crippen LogP contribution in [0.15, 0.2) is 71.5 Å². The lowest BCUT2D eigenvalue weighted by molar-refractivity contribution is -0.125. The fourth-order valence-electron chi connectivity index (χ4n) is 4.13. The normalized spacial score (nSPS) is 15.7. The summed E-state index contributed by atoms with van der Waals surface area (Å²) in [5, 5.41) is 7.59. The SMILES string of the molecule is COc1ccc(-c2ccc(=O)n(C(C)C(=O)NC3CCN(Cc4ccccc4)CC3)n2)cc1. The van der Waals surface area contributed by atoms with Crippen LogP contribution in [0.5, 0.6) is 5.75 Å². The summed E-state index contributed by atoms with van der Waals surface area (Å²) in [6, 6.07) is 20.4. The molecule has 7 nitrogen and oxygen atoms in total. The molecule has 1 aliphatic rings. The molecule has 4 rings (SSSR count). The molecule has 1 N–H and O–H groups in total. The molecule has 1 fully saturated rings. The first kappa shape index (κ1) is 22.7. The predicted octanol–water partition coefficient (Wildman–Crippen LogP) is 3.26. The molecule has 0 radical (unpaired) electrons. The van der Waals surface area contributed by atoms with Gasteiger partial charge in [0.15, 0.2) is 0 Å². The number of likely N-dealkylation sites (tertiary alicyclic amines) is 1. The molecule has 7 heteroatoms. The number of hydrogen-bond donors (Lipinski definition) is 1. The van der Waals surface area contributed by atoms with E-state index in [0.29, 0.717) is 5.69 Å². The predicted molar refractivity (Wildman–Crippen MR) is 128 cm³/mol. The Balaban J connectivity index is 1.36. The van der Waals surface area contributed by atoms with E-state index in [0.717, 1.165) is 43.8 Å². The maximum Gasteiger partial charge on any atom is 0.267 e. The second kappa shape index (κ2) is 10.4. The van der Waals surface area contributed by atoms with Crippen LogP contribution in [0.1, 0.15) is 31.4 Å². The summed E-state index contributed by atoms with van der Waals surface area (Å²) in [6.07, 6.45) is 1.78. The van der Waals surface area contributed by atoms with Gasteiger partial charge in [0.05, 0.1) is 12.8 Å². The third kappa shape index (κ3) is 5.68. The van der Waals surface area contributed by atoms with Gasteiger partial charge in [-0.25, -0.2) is 4.68 Å². The van der Waals surface area contributed by atoms with Gasteiger partial charge in [-0.1, -0.05) is 30.3 Å². The van der Waals surface area contributed by atoms with E-state index in [9.17, 15) is 9.59 Å². The quantitative estimate of drug-likeness (QED) is 0.603. The van der Waals surface area contributed by atoms with E-state index < -0.39 is 6.04 Å². The molecule has 0 bridgehead atoms. The maximum absolute atomic E-state index is 12.9. The number of nitrogens with zero attached hydrogens (tertiary/aromatic N) is 3. The zero-order chi connectivity index (χ0) is 23.2. The van der Waals surface area contributed by atoms with E-state index in [1.54, 1.807) is 20.1 Å². The number of carbonyl (C=O) groups excluding carboxylic acids is 1. The third-order valence-corrected chi connectivity index (χ3v) is 6.14. The van der Waals surface area contributed by atoms with Gasteiger partial charge < -0.3 is 10.1 Å². The molecule has 1 saturated heterocycles.